The van der Waals surface area contributed by atoms with E-state index in [1.54, 1.807) is 6.07 Å². The third kappa shape index (κ3) is 8.17. The molecular formula is C27H27N3O7. The highest BCUT2D eigenvalue weighted by atomic mass is 16.6. The van der Waals surface area contributed by atoms with Crippen LogP contribution in [0.4, 0.5) is 5.69 Å². The second kappa shape index (κ2) is 12.8. The number of ether oxygens (including phenoxy) is 1. The van der Waals surface area contributed by atoms with Crippen LogP contribution in [0.15, 0.2) is 83.1 Å². The molecule has 0 spiro atoms. The number of nitrogens with one attached hydrogen (secondary N) is 2. The number of furan rings is 1. The molecule has 37 heavy (non-hydrogen) atoms. The smallest absolute Gasteiger partial charge is 0.328 e. The van der Waals surface area contributed by atoms with Crippen LogP contribution in [0.1, 0.15) is 41.9 Å². The van der Waals surface area contributed by atoms with Crippen LogP contribution >= 0.6 is 0 Å². The lowest BCUT2D eigenvalue weighted by molar-refractivity contribution is -0.384. The molecule has 1 aromatic heterocycles. The van der Waals surface area contributed by atoms with Crippen LogP contribution in [-0.2, 0) is 20.9 Å². The Morgan fingerprint density at radius 2 is 1.81 bits per heavy atom. The number of hydrogen-bond acceptors (Lipinski definition) is 7. The van der Waals surface area contributed by atoms with Gasteiger partial charge in [0.05, 0.1) is 11.2 Å². The van der Waals surface area contributed by atoms with E-state index >= 15 is 0 Å². The molecule has 0 aliphatic heterocycles. The maximum absolute atomic E-state index is 13.3. The van der Waals surface area contributed by atoms with Gasteiger partial charge < -0.3 is 19.8 Å². The molecule has 0 bridgehead atoms. The molecule has 2 N–H and O–H groups in total. The van der Waals surface area contributed by atoms with Crippen molar-refractivity contribution in [1.29, 1.82) is 0 Å². The van der Waals surface area contributed by atoms with Gasteiger partial charge in [0.2, 0.25) is 0 Å². The van der Waals surface area contributed by atoms with E-state index in [1.165, 1.54) is 42.7 Å². The molecule has 0 fully saturated rings. The van der Waals surface area contributed by atoms with Gasteiger partial charge in [-0.2, -0.15) is 0 Å². The van der Waals surface area contributed by atoms with E-state index < -0.39 is 28.7 Å². The molecule has 10 nitrogen and oxygen atoms in total. The number of benzene rings is 2. The van der Waals surface area contributed by atoms with Gasteiger partial charge in [0, 0.05) is 12.1 Å². The van der Waals surface area contributed by atoms with Gasteiger partial charge >= 0.3 is 5.97 Å². The average Bonchev–Trinajstić information content (AvgIpc) is 3.42. The number of nitro benzene ring substituents is 1. The van der Waals surface area contributed by atoms with Gasteiger partial charge in [0.25, 0.3) is 17.5 Å². The summed E-state index contributed by atoms with van der Waals surface area (Å²) in [5.41, 5.74) is 0.674. The Morgan fingerprint density at radius 3 is 2.46 bits per heavy atom. The third-order valence-electron chi connectivity index (χ3n) is 5.15. The van der Waals surface area contributed by atoms with Crippen LogP contribution in [0.25, 0.3) is 6.08 Å². The molecule has 3 rings (SSSR count). The first-order valence-electron chi connectivity index (χ1n) is 11.6. The first-order valence-corrected chi connectivity index (χ1v) is 11.6. The standard InChI is InChI=1S/C27H27N3O7/c1-18(2)14-23(27(33)37-17-19-8-4-3-5-9-19)29-25(31)22(28-26(32)24-12-7-13-36-24)16-20-10-6-11-21(15-20)30(34)35/h3-13,15-16,18,23H,14,17H2,1-2H3,(H,28,32)(H,29,31)/b22-16+. The number of carbonyl (C=O) groups excluding carboxylic acids is 3. The Labute approximate surface area is 213 Å². The van der Waals surface area contributed by atoms with Crippen molar-refractivity contribution in [2.75, 3.05) is 0 Å². The fourth-order valence-corrected chi connectivity index (χ4v) is 3.40. The van der Waals surface area contributed by atoms with Crippen LogP contribution in [0.3, 0.4) is 0 Å². The van der Waals surface area contributed by atoms with E-state index in [9.17, 15) is 24.5 Å². The predicted molar refractivity (Wildman–Crippen MR) is 135 cm³/mol. The maximum Gasteiger partial charge on any atom is 0.328 e. The first kappa shape index (κ1) is 26.9. The van der Waals surface area contributed by atoms with Gasteiger partial charge in [-0.3, -0.25) is 19.7 Å². The largest absolute Gasteiger partial charge is 0.459 e. The van der Waals surface area contributed by atoms with Crippen molar-refractivity contribution in [3.8, 4) is 0 Å². The lowest BCUT2D eigenvalue weighted by Crippen LogP contribution is -2.45. The summed E-state index contributed by atoms with van der Waals surface area (Å²) in [5.74, 6) is -2.11. The zero-order chi connectivity index (χ0) is 26.8. The van der Waals surface area contributed by atoms with Gasteiger partial charge in [-0.15, -0.1) is 0 Å². The highest BCUT2D eigenvalue weighted by molar-refractivity contribution is 6.05. The molecule has 0 saturated heterocycles. The molecular weight excluding hydrogens is 478 g/mol. The Kier molecular flexibility index (Phi) is 9.31. The molecule has 0 radical (unpaired) electrons. The normalized spacial score (nSPS) is 12.0. The Balaban J connectivity index is 1.84. The topological polar surface area (TPSA) is 141 Å². The van der Waals surface area contributed by atoms with Crippen molar-refractivity contribution >= 4 is 29.5 Å². The summed E-state index contributed by atoms with van der Waals surface area (Å²) in [6.45, 7) is 3.82. The highest BCUT2D eigenvalue weighted by Crippen LogP contribution is 2.16. The molecule has 2 aromatic carbocycles. The predicted octanol–water partition coefficient (Wildman–Crippen LogP) is 4.23. The van der Waals surface area contributed by atoms with Crippen molar-refractivity contribution in [2.45, 2.75) is 32.9 Å². The molecule has 1 heterocycles. The summed E-state index contributed by atoms with van der Waals surface area (Å²) in [7, 11) is 0. The number of rotatable bonds is 11. The van der Waals surface area contributed by atoms with Crippen molar-refractivity contribution in [3.05, 3.63) is 106 Å². The van der Waals surface area contributed by atoms with E-state index in [2.05, 4.69) is 10.6 Å². The van der Waals surface area contributed by atoms with Crippen molar-refractivity contribution in [1.82, 2.24) is 10.6 Å². The Bertz CT molecular complexity index is 1270. The van der Waals surface area contributed by atoms with Crippen LogP contribution in [0.5, 0.6) is 0 Å². The molecule has 10 heteroatoms. The second-order valence-electron chi connectivity index (χ2n) is 8.59. The molecule has 192 valence electrons. The summed E-state index contributed by atoms with van der Waals surface area (Å²) in [4.78, 5) is 49.4. The molecule has 3 aromatic rings. The van der Waals surface area contributed by atoms with E-state index in [0.29, 0.717) is 5.56 Å². The number of nitrogens with zero attached hydrogens (tertiary/aromatic N) is 1. The first-order chi connectivity index (χ1) is 17.7. The minimum Gasteiger partial charge on any atom is -0.459 e. The van der Waals surface area contributed by atoms with Crippen LogP contribution in [-0.4, -0.2) is 28.7 Å². The van der Waals surface area contributed by atoms with Gasteiger partial charge in [0.1, 0.15) is 18.3 Å². The van der Waals surface area contributed by atoms with Gasteiger partial charge in [-0.05, 0) is 41.7 Å². The van der Waals surface area contributed by atoms with E-state index in [4.69, 9.17) is 9.15 Å². The fourth-order valence-electron chi connectivity index (χ4n) is 3.40. The van der Waals surface area contributed by atoms with E-state index in [1.807, 2.05) is 44.2 Å². The lowest BCUT2D eigenvalue weighted by atomic mass is 10.0. The van der Waals surface area contributed by atoms with Gasteiger partial charge in [-0.1, -0.05) is 56.3 Å². The number of carbonyl (C=O) groups is 3. The SMILES string of the molecule is CC(C)CC(NC(=O)/C(=C\c1cccc([N+](=O)[O-])c1)NC(=O)c1ccco1)C(=O)OCc1ccccc1. The van der Waals surface area contributed by atoms with E-state index in [-0.39, 0.29) is 36.1 Å². The maximum atomic E-state index is 13.3. The molecule has 0 aliphatic carbocycles. The Hall–Kier alpha value is -4.73. The summed E-state index contributed by atoms with van der Waals surface area (Å²) in [6, 6.07) is 16.6. The monoisotopic (exact) mass is 505 g/mol. The number of esters is 1. The fraction of sp³-hybridized carbons (Fsp3) is 0.222. The average molecular weight is 506 g/mol. The zero-order valence-electron chi connectivity index (χ0n) is 20.4. The molecule has 0 aliphatic rings. The van der Waals surface area contributed by atoms with Crippen LogP contribution < -0.4 is 10.6 Å². The Morgan fingerprint density at radius 1 is 1.05 bits per heavy atom. The minimum atomic E-state index is -0.995. The van der Waals surface area contributed by atoms with Crippen molar-refractivity contribution in [3.63, 3.8) is 0 Å². The number of hydrogen-bond donors (Lipinski definition) is 2. The number of nitro groups is 1. The summed E-state index contributed by atoms with van der Waals surface area (Å²) < 4.78 is 10.5. The van der Waals surface area contributed by atoms with Crippen molar-refractivity contribution < 1.29 is 28.5 Å². The molecule has 2 amide bonds. The van der Waals surface area contributed by atoms with Crippen LogP contribution in [0.2, 0.25) is 0 Å². The summed E-state index contributed by atoms with van der Waals surface area (Å²) in [6.07, 6.45) is 2.88. The minimum absolute atomic E-state index is 0.0374. The molecule has 0 saturated carbocycles. The van der Waals surface area contributed by atoms with E-state index in [0.717, 1.165) is 5.56 Å². The van der Waals surface area contributed by atoms with Gasteiger partial charge in [0.15, 0.2) is 5.76 Å². The van der Waals surface area contributed by atoms with Crippen LogP contribution in [0, 0.1) is 16.0 Å². The van der Waals surface area contributed by atoms with Gasteiger partial charge in [-0.25, -0.2) is 4.79 Å². The molecule has 1 unspecified atom stereocenters. The lowest BCUT2D eigenvalue weighted by Gasteiger charge is -2.20. The number of amides is 2. The molecule has 1 atom stereocenters. The number of non-ortho nitro benzene ring substituents is 1. The van der Waals surface area contributed by atoms with Crippen molar-refractivity contribution in [2.24, 2.45) is 5.92 Å². The second-order valence-corrected chi connectivity index (χ2v) is 8.59. The third-order valence-corrected chi connectivity index (χ3v) is 5.15. The summed E-state index contributed by atoms with van der Waals surface area (Å²) in [5, 5.41) is 16.3. The summed E-state index contributed by atoms with van der Waals surface area (Å²) >= 11 is 0. The zero-order valence-corrected chi connectivity index (χ0v) is 20.4. The highest BCUT2D eigenvalue weighted by Gasteiger charge is 2.26. The quantitative estimate of drug-likeness (QED) is 0.172.